The molecule has 0 saturated heterocycles. The number of esters is 1. The number of halogens is 2. The summed E-state index contributed by atoms with van der Waals surface area (Å²) in [6, 6.07) is 4.77. The molecule has 0 aromatic carbocycles. The molecule has 18 heavy (non-hydrogen) atoms. The van der Waals surface area contributed by atoms with Gasteiger partial charge in [0.1, 0.15) is 5.69 Å². The van der Waals surface area contributed by atoms with E-state index < -0.39 is 11.9 Å². The average molecular weight is 360 g/mol. The molecule has 0 saturated carbocycles. The first-order valence-electron chi connectivity index (χ1n) is 5.14. The fourth-order valence-corrected chi connectivity index (χ4v) is 2.25. The summed E-state index contributed by atoms with van der Waals surface area (Å²) in [5, 5.41) is 0. The molecule has 0 radical (unpaired) electrons. The van der Waals surface area contributed by atoms with Crippen LogP contribution in [-0.4, -0.2) is 22.6 Å². The maximum Gasteiger partial charge on any atom is 0.354 e. The van der Waals surface area contributed by atoms with Gasteiger partial charge in [-0.15, -0.1) is 0 Å². The lowest BCUT2D eigenvalue weighted by Gasteiger charge is -2.07. The highest BCUT2D eigenvalue weighted by Crippen LogP contribution is 2.14. The predicted octanol–water partition coefficient (Wildman–Crippen LogP) is 2.46. The highest BCUT2D eigenvalue weighted by molar-refractivity contribution is 14.1. The summed E-state index contributed by atoms with van der Waals surface area (Å²) in [7, 11) is 1.33. The van der Waals surface area contributed by atoms with Crippen molar-refractivity contribution in [3.05, 3.63) is 51.4 Å². The largest absolute Gasteiger partial charge is 0.464 e. The van der Waals surface area contributed by atoms with Gasteiger partial charge < -0.3 is 9.30 Å². The van der Waals surface area contributed by atoms with E-state index in [0.29, 0.717) is 12.2 Å². The molecule has 0 N–H and O–H groups in total. The van der Waals surface area contributed by atoms with Gasteiger partial charge in [0.25, 0.3) is 0 Å². The van der Waals surface area contributed by atoms with Crippen LogP contribution in [0.25, 0.3) is 0 Å². The van der Waals surface area contributed by atoms with E-state index in [2.05, 4.69) is 27.6 Å². The zero-order valence-electron chi connectivity index (χ0n) is 9.56. The van der Waals surface area contributed by atoms with Gasteiger partial charge in [-0.25, -0.2) is 9.78 Å². The van der Waals surface area contributed by atoms with Crippen LogP contribution in [0.4, 0.5) is 4.39 Å². The van der Waals surface area contributed by atoms with Gasteiger partial charge in [-0.3, -0.25) is 0 Å². The molecular weight excluding hydrogens is 350 g/mol. The van der Waals surface area contributed by atoms with Gasteiger partial charge in [-0.2, -0.15) is 4.39 Å². The quantitative estimate of drug-likeness (QED) is 0.480. The van der Waals surface area contributed by atoms with Crippen LogP contribution >= 0.6 is 22.6 Å². The van der Waals surface area contributed by atoms with Crippen LogP contribution in [0, 0.1) is 9.52 Å². The molecule has 0 unspecified atom stereocenters. The van der Waals surface area contributed by atoms with Crippen LogP contribution < -0.4 is 0 Å². The van der Waals surface area contributed by atoms with E-state index in [0.717, 1.165) is 9.13 Å². The molecule has 2 rings (SSSR count). The number of rotatable bonds is 3. The van der Waals surface area contributed by atoms with E-state index in [1.54, 1.807) is 16.7 Å². The Labute approximate surface area is 117 Å². The Hall–Kier alpha value is -1.44. The lowest BCUT2D eigenvalue weighted by atomic mass is 10.2. The molecule has 6 heteroatoms. The molecule has 0 aliphatic heterocycles. The van der Waals surface area contributed by atoms with Crippen LogP contribution in [0.1, 0.15) is 16.1 Å². The Balaban J connectivity index is 2.31. The van der Waals surface area contributed by atoms with Crippen molar-refractivity contribution in [2.75, 3.05) is 7.11 Å². The van der Waals surface area contributed by atoms with Crippen molar-refractivity contribution in [1.82, 2.24) is 9.55 Å². The number of hydrogen-bond donors (Lipinski definition) is 0. The van der Waals surface area contributed by atoms with Crippen LogP contribution in [0.5, 0.6) is 0 Å². The van der Waals surface area contributed by atoms with Crippen molar-refractivity contribution in [1.29, 1.82) is 0 Å². The molecule has 2 aromatic heterocycles. The average Bonchev–Trinajstić information content (AvgIpc) is 2.69. The number of hydrogen-bond acceptors (Lipinski definition) is 3. The van der Waals surface area contributed by atoms with Crippen molar-refractivity contribution in [3.63, 3.8) is 0 Å². The van der Waals surface area contributed by atoms with Crippen LogP contribution in [-0.2, 0) is 11.3 Å². The van der Waals surface area contributed by atoms with E-state index in [1.165, 1.54) is 19.4 Å². The second-order valence-electron chi connectivity index (χ2n) is 3.65. The monoisotopic (exact) mass is 360 g/mol. The molecule has 0 bridgehead atoms. The molecule has 0 aliphatic rings. The highest BCUT2D eigenvalue weighted by Gasteiger charge is 2.13. The maximum absolute atomic E-state index is 13.0. The Morgan fingerprint density at radius 1 is 1.56 bits per heavy atom. The number of carbonyl (C=O) groups excluding carboxylic acids is 1. The first-order valence-corrected chi connectivity index (χ1v) is 6.22. The fourth-order valence-electron chi connectivity index (χ4n) is 1.62. The van der Waals surface area contributed by atoms with Crippen LogP contribution in [0.3, 0.4) is 0 Å². The molecular formula is C12H10FIN2O2. The van der Waals surface area contributed by atoms with Gasteiger partial charge in [0.15, 0.2) is 0 Å². The molecule has 4 nitrogen and oxygen atoms in total. The zero-order valence-corrected chi connectivity index (χ0v) is 11.7. The topological polar surface area (TPSA) is 44.1 Å². The van der Waals surface area contributed by atoms with E-state index in [9.17, 15) is 9.18 Å². The van der Waals surface area contributed by atoms with Crippen LogP contribution in [0.15, 0.2) is 30.6 Å². The van der Waals surface area contributed by atoms with Crippen LogP contribution in [0.2, 0.25) is 0 Å². The Kier molecular flexibility index (Phi) is 3.95. The number of nitrogens with zero attached hydrogens (tertiary/aromatic N) is 2. The molecule has 2 heterocycles. The van der Waals surface area contributed by atoms with Crippen molar-refractivity contribution >= 4 is 28.6 Å². The third-order valence-corrected chi connectivity index (χ3v) is 2.99. The minimum atomic E-state index is -0.533. The van der Waals surface area contributed by atoms with E-state index in [-0.39, 0.29) is 0 Å². The third-order valence-electron chi connectivity index (χ3n) is 2.40. The van der Waals surface area contributed by atoms with E-state index in [1.807, 2.05) is 6.20 Å². The first-order chi connectivity index (χ1) is 8.60. The number of ether oxygens (including phenoxy) is 1. The summed E-state index contributed by atoms with van der Waals surface area (Å²) in [4.78, 5) is 15.1. The van der Waals surface area contributed by atoms with Crippen molar-refractivity contribution in [3.8, 4) is 0 Å². The lowest BCUT2D eigenvalue weighted by molar-refractivity contribution is 0.0589. The summed E-state index contributed by atoms with van der Waals surface area (Å²) < 4.78 is 20.3. The molecule has 94 valence electrons. The number of carbonyl (C=O) groups is 1. The number of pyridine rings is 1. The van der Waals surface area contributed by atoms with Crippen molar-refractivity contribution in [2.24, 2.45) is 0 Å². The highest BCUT2D eigenvalue weighted by atomic mass is 127. The second-order valence-corrected chi connectivity index (χ2v) is 4.90. The number of aromatic nitrogens is 2. The van der Waals surface area contributed by atoms with Crippen molar-refractivity contribution < 1.29 is 13.9 Å². The first kappa shape index (κ1) is 13.0. The van der Waals surface area contributed by atoms with Gasteiger partial charge in [0, 0.05) is 22.5 Å². The summed E-state index contributed by atoms with van der Waals surface area (Å²) in [5.74, 6) is -0.943. The second kappa shape index (κ2) is 5.47. The molecule has 0 spiro atoms. The Morgan fingerprint density at radius 2 is 2.33 bits per heavy atom. The molecule has 0 fully saturated rings. The van der Waals surface area contributed by atoms with E-state index >= 15 is 0 Å². The minimum absolute atomic E-state index is 0.396. The summed E-state index contributed by atoms with van der Waals surface area (Å²) in [5.41, 5.74) is 1.18. The maximum atomic E-state index is 13.0. The van der Waals surface area contributed by atoms with Gasteiger partial charge in [-0.1, -0.05) is 0 Å². The SMILES string of the molecule is COC(=O)c1cc(I)cn1Cc1ccnc(F)c1. The van der Waals surface area contributed by atoms with Gasteiger partial charge in [0.2, 0.25) is 5.95 Å². The van der Waals surface area contributed by atoms with E-state index in [4.69, 9.17) is 4.74 Å². The predicted molar refractivity (Wildman–Crippen MR) is 71.8 cm³/mol. The summed E-state index contributed by atoms with van der Waals surface area (Å²) >= 11 is 2.11. The smallest absolute Gasteiger partial charge is 0.354 e. The molecule has 2 aromatic rings. The molecule has 0 aliphatic carbocycles. The zero-order chi connectivity index (χ0) is 13.1. The Bertz CT molecular complexity index is 583. The molecule has 0 atom stereocenters. The Morgan fingerprint density at radius 3 is 3.00 bits per heavy atom. The summed E-state index contributed by atoms with van der Waals surface area (Å²) in [6.07, 6.45) is 3.21. The number of methoxy groups -OCH3 is 1. The van der Waals surface area contributed by atoms with Gasteiger partial charge in [-0.05, 0) is 46.4 Å². The van der Waals surface area contributed by atoms with Gasteiger partial charge in [0.05, 0.1) is 7.11 Å². The fraction of sp³-hybridized carbons (Fsp3) is 0.167. The lowest BCUT2D eigenvalue weighted by Crippen LogP contribution is -2.10. The molecule has 0 amide bonds. The standard InChI is InChI=1S/C12H10FIN2O2/c1-18-12(17)10-5-9(14)7-16(10)6-8-2-3-15-11(13)4-8/h2-5,7H,6H2,1H3. The minimum Gasteiger partial charge on any atom is -0.464 e. The normalized spacial score (nSPS) is 10.4. The van der Waals surface area contributed by atoms with Gasteiger partial charge >= 0.3 is 5.97 Å². The van der Waals surface area contributed by atoms with Crippen molar-refractivity contribution in [2.45, 2.75) is 6.54 Å². The summed E-state index contributed by atoms with van der Waals surface area (Å²) in [6.45, 7) is 0.396. The third kappa shape index (κ3) is 2.87.